The number of benzene rings is 2. The maximum Gasteiger partial charge on any atom is 0.257 e. The number of amides is 2. The molecule has 0 saturated heterocycles. The van der Waals surface area contributed by atoms with Crippen LogP contribution in [0.2, 0.25) is 0 Å². The van der Waals surface area contributed by atoms with Crippen molar-refractivity contribution >= 4 is 29.1 Å². The molecule has 0 fully saturated rings. The molecule has 4 N–H and O–H groups in total. The molecule has 2 aromatic carbocycles. The van der Waals surface area contributed by atoms with Gasteiger partial charge >= 0.3 is 0 Å². The van der Waals surface area contributed by atoms with Crippen LogP contribution in [0.1, 0.15) is 17.3 Å². The van der Waals surface area contributed by atoms with Crippen molar-refractivity contribution in [3.05, 3.63) is 60.2 Å². The summed E-state index contributed by atoms with van der Waals surface area (Å²) in [6, 6.07) is 16.0. The Morgan fingerprint density at radius 2 is 1.66 bits per heavy atom. The lowest BCUT2D eigenvalue weighted by Gasteiger charge is -2.16. The molecule has 0 spiro atoms. The van der Waals surface area contributed by atoms with Crippen LogP contribution in [0.5, 0.6) is 11.5 Å². The zero-order valence-corrected chi connectivity index (χ0v) is 17.0. The minimum absolute atomic E-state index is 0.00885. The summed E-state index contributed by atoms with van der Waals surface area (Å²) in [4.78, 5) is 24.0. The number of ether oxygens (including phenoxy) is 2. The second kappa shape index (κ2) is 11.6. The highest BCUT2D eigenvalue weighted by Gasteiger charge is 2.09. The summed E-state index contributed by atoms with van der Waals surface area (Å²) in [5.74, 6) is 0.503. The van der Waals surface area contributed by atoms with Crippen LogP contribution < -0.4 is 26.2 Å². The first-order valence-corrected chi connectivity index (χ1v) is 9.34. The van der Waals surface area contributed by atoms with Crippen LogP contribution in [0.3, 0.4) is 0 Å². The van der Waals surface area contributed by atoms with E-state index in [-0.39, 0.29) is 23.6 Å². The van der Waals surface area contributed by atoms with Crippen LogP contribution >= 0.6 is 12.2 Å². The number of carbonyl (C=O) groups excluding carboxylic acids is 2. The molecule has 0 aliphatic carbocycles. The van der Waals surface area contributed by atoms with E-state index in [4.69, 9.17) is 21.7 Å². The number of para-hydroxylation sites is 1. The summed E-state index contributed by atoms with van der Waals surface area (Å²) in [5.41, 5.74) is 5.38. The first-order valence-electron chi connectivity index (χ1n) is 8.93. The van der Waals surface area contributed by atoms with Crippen LogP contribution in [0.25, 0.3) is 0 Å². The first-order chi connectivity index (χ1) is 14.0. The standard InChI is InChI=1S/C20H24N4O4S/c1-14(13-27-2)22-20(29)24-23-18(25)12-21-19(26)15-8-10-17(11-9-15)28-16-6-4-3-5-7-16/h3-11,14H,12-13H2,1-2H3,(H,21,26)(H,23,25)(H2,22,24,29)/t14-/m0/s1. The van der Waals surface area contributed by atoms with E-state index in [1.807, 2.05) is 37.3 Å². The summed E-state index contributed by atoms with van der Waals surface area (Å²) in [5, 5.41) is 5.72. The average molecular weight is 417 g/mol. The number of methoxy groups -OCH3 is 1. The van der Waals surface area contributed by atoms with Gasteiger partial charge in [0.05, 0.1) is 13.2 Å². The van der Waals surface area contributed by atoms with Gasteiger partial charge in [-0.3, -0.25) is 20.4 Å². The van der Waals surface area contributed by atoms with Gasteiger partial charge in [-0.1, -0.05) is 18.2 Å². The van der Waals surface area contributed by atoms with E-state index >= 15 is 0 Å². The van der Waals surface area contributed by atoms with Crippen LogP contribution in [0.15, 0.2) is 54.6 Å². The Kier molecular flexibility index (Phi) is 8.87. The molecule has 154 valence electrons. The lowest BCUT2D eigenvalue weighted by molar-refractivity contribution is -0.120. The first kappa shape index (κ1) is 22.1. The number of nitrogens with one attached hydrogen (secondary N) is 4. The van der Waals surface area contributed by atoms with Crippen molar-refractivity contribution in [2.75, 3.05) is 20.3 Å². The van der Waals surface area contributed by atoms with Crippen molar-refractivity contribution in [1.82, 2.24) is 21.5 Å². The zero-order valence-electron chi connectivity index (χ0n) is 16.2. The topological polar surface area (TPSA) is 101 Å². The summed E-state index contributed by atoms with van der Waals surface area (Å²) in [6.45, 7) is 2.15. The lowest BCUT2D eigenvalue weighted by Crippen LogP contribution is -2.52. The maximum absolute atomic E-state index is 12.2. The normalized spacial score (nSPS) is 11.1. The molecule has 2 amide bonds. The predicted octanol–water partition coefficient (Wildman–Crippen LogP) is 1.74. The monoisotopic (exact) mass is 416 g/mol. The van der Waals surface area contributed by atoms with Gasteiger partial charge in [0.25, 0.3) is 11.8 Å². The van der Waals surface area contributed by atoms with Gasteiger partial charge in [-0.15, -0.1) is 0 Å². The van der Waals surface area contributed by atoms with Crippen molar-refractivity contribution in [3.8, 4) is 11.5 Å². The van der Waals surface area contributed by atoms with Crippen molar-refractivity contribution < 1.29 is 19.1 Å². The Morgan fingerprint density at radius 3 is 2.31 bits per heavy atom. The Hall–Kier alpha value is -3.17. The van der Waals surface area contributed by atoms with Crippen LogP contribution in [0, 0.1) is 0 Å². The van der Waals surface area contributed by atoms with Crippen LogP contribution in [-0.2, 0) is 9.53 Å². The molecule has 0 aliphatic rings. The van der Waals surface area contributed by atoms with E-state index in [2.05, 4.69) is 21.5 Å². The van der Waals surface area contributed by atoms with Crippen molar-refractivity contribution in [1.29, 1.82) is 0 Å². The van der Waals surface area contributed by atoms with Gasteiger partial charge in [0, 0.05) is 18.7 Å². The van der Waals surface area contributed by atoms with Gasteiger partial charge in [0.15, 0.2) is 5.11 Å². The Balaban J connectivity index is 1.73. The minimum Gasteiger partial charge on any atom is -0.457 e. The highest BCUT2D eigenvalue weighted by atomic mass is 32.1. The predicted molar refractivity (Wildman–Crippen MR) is 114 cm³/mol. The van der Waals surface area contributed by atoms with Gasteiger partial charge in [-0.25, -0.2) is 0 Å². The highest BCUT2D eigenvalue weighted by molar-refractivity contribution is 7.80. The van der Waals surface area contributed by atoms with Gasteiger partial charge in [-0.2, -0.15) is 0 Å². The summed E-state index contributed by atoms with van der Waals surface area (Å²) >= 11 is 5.04. The molecule has 2 aromatic rings. The van der Waals surface area contributed by atoms with Gasteiger partial charge in [0.1, 0.15) is 11.5 Å². The Bertz CT molecular complexity index is 815. The fourth-order valence-corrected chi connectivity index (χ4v) is 2.54. The molecule has 8 nitrogen and oxygen atoms in total. The molecule has 0 aliphatic heterocycles. The fraction of sp³-hybridized carbons (Fsp3) is 0.250. The van der Waals surface area contributed by atoms with E-state index in [1.165, 1.54) is 0 Å². The second-order valence-electron chi connectivity index (χ2n) is 6.13. The van der Waals surface area contributed by atoms with Crippen molar-refractivity contribution in [3.63, 3.8) is 0 Å². The third-order valence-electron chi connectivity index (χ3n) is 3.61. The molecular weight excluding hydrogens is 392 g/mol. The van der Waals surface area contributed by atoms with Crippen LogP contribution in [0.4, 0.5) is 0 Å². The number of hydrogen-bond donors (Lipinski definition) is 4. The minimum atomic E-state index is -0.439. The van der Waals surface area contributed by atoms with E-state index in [0.717, 1.165) is 0 Å². The summed E-state index contributed by atoms with van der Waals surface area (Å²) < 4.78 is 10.7. The number of rotatable bonds is 8. The molecule has 0 saturated carbocycles. The lowest BCUT2D eigenvalue weighted by atomic mass is 10.2. The zero-order chi connectivity index (χ0) is 21.1. The molecule has 29 heavy (non-hydrogen) atoms. The SMILES string of the molecule is COC[C@H](C)NC(=S)NNC(=O)CNC(=O)c1ccc(Oc2ccccc2)cc1. The number of hydrogen-bond acceptors (Lipinski definition) is 5. The maximum atomic E-state index is 12.2. The molecule has 0 aromatic heterocycles. The van der Waals surface area contributed by atoms with Crippen LogP contribution in [-0.4, -0.2) is 43.2 Å². The third-order valence-corrected chi connectivity index (χ3v) is 3.83. The van der Waals surface area contributed by atoms with E-state index < -0.39 is 5.91 Å². The second-order valence-corrected chi connectivity index (χ2v) is 6.53. The molecular formula is C20H24N4O4S. The third kappa shape index (κ3) is 8.16. The average Bonchev–Trinajstić information content (AvgIpc) is 2.72. The van der Waals surface area contributed by atoms with E-state index in [0.29, 0.717) is 23.7 Å². The number of thiocarbonyl (C=S) groups is 1. The van der Waals surface area contributed by atoms with E-state index in [9.17, 15) is 9.59 Å². The van der Waals surface area contributed by atoms with E-state index in [1.54, 1.807) is 31.4 Å². The quantitative estimate of drug-likeness (QED) is 0.384. The van der Waals surface area contributed by atoms with Gasteiger partial charge in [-0.05, 0) is 55.5 Å². The smallest absolute Gasteiger partial charge is 0.257 e. The molecule has 1 atom stereocenters. The van der Waals surface area contributed by atoms with Gasteiger partial charge < -0.3 is 20.1 Å². The van der Waals surface area contributed by atoms with Crippen molar-refractivity contribution in [2.24, 2.45) is 0 Å². The molecule has 0 radical (unpaired) electrons. The summed E-state index contributed by atoms with van der Waals surface area (Å²) in [7, 11) is 1.59. The molecule has 0 heterocycles. The molecule has 2 rings (SSSR count). The largest absolute Gasteiger partial charge is 0.457 e. The highest BCUT2D eigenvalue weighted by Crippen LogP contribution is 2.20. The van der Waals surface area contributed by atoms with Gasteiger partial charge in [0.2, 0.25) is 0 Å². The molecule has 0 bridgehead atoms. The number of carbonyl (C=O) groups is 2. The molecule has 9 heteroatoms. The Morgan fingerprint density at radius 1 is 1.00 bits per heavy atom. The summed E-state index contributed by atoms with van der Waals surface area (Å²) in [6.07, 6.45) is 0. The fourth-order valence-electron chi connectivity index (χ4n) is 2.28. The van der Waals surface area contributed by atoms with Crippen molar-refractivity contribution in [2.45, 2.75) is 13.0 Å². The molecule has 0 unspecified atom stereocenters. The number of hydrazine groups is 1. The Labute approximate surface area is 174 Å².